The number of nitrogens with zero attached hydrogens (tertiary/aromatic N) is 2. The molecule has 1 aliphatic heterocycles. The Kier molecular flexibility index (Phi) is 7.29. The molecule has 0 spiro atoms. The molecule has 20 heavy (non-hydrogen) atoms. The summed E-state index contributed by atoms with van der Waals surface area (Å²) in [5, 5.41) is 6.71. The van der Waals surface area contributed by atoms with Crippen LogP contribution in [0, 0.1) is 6.92 Å². The van der Waals surface area contributed by atoms with Crippen molar-refractivity contribution in [1.29, 1.82) is 0 Å². The van der Waals surface area contributed by atoms with Gasteiger partial charge in [0.15, 0.2) is 5.96 Å². The molecule has 0 saturated carbocycles. The molecule has 0 fully saturated rings. The number of hydrogen-bond donors (Lipinski definition) is 2. The van der Waals surface area contributed by atoms with Crippen LogP contribution in [0.25, 0.3) is 0 Å². The van der Waals surface area contributed by atoms with E-state index in [9.17, 15) is 0 Å². The Morgan fingerprint density at radius 3 is 2.55 bits per heavy atom. The monoisotopic (exact) mass is 388 g/mol. The van der Waals surface area contributed by atoms with E-state index in [1.54, 1.807) is 0 Å². The molecule has 5 heteroatoms. The van der Waals surface area contributed by atoms with Crippen LogP contribution in [-0.2, 0) is 0 Å². The maximum absolute atomic E-state index is 4.44. The number of likely N-dealkylation sites (N-methyl/N-ethyl adjacent to an activating group) is 1. The highest BCUT2D eigenvalue weighted by Crippen LogP contribution is 2.17. The van der Waals surface area contributed by atoms with Crippen LogP contribution in [0.3, 0.4) is 0 Å². The lowest BCUT2D eigenvalue weighted by Gasteiger charge is -2.27. The molecule has 0 saturated heterocycles. The molecule has 2 rings (SSSR count). The average Bonchev–Trinajstić information content (AvgIpc) is 2.42. The lowest BCUT2D eigenvalue weighted by atomic mass is 10.0. The van der Waals surface area contributed by atoms with E-state index in [2.05, 4.69) is 65.8 Å². The number of benzene rings is 1. The van der Waals surface area contributed by atoms with Gasteiger partial charge in [0.25, 0.3) is 0 Å². The predicted molar refractivity (Wildman–Crippen MR) is 95.9 cm³/mol. The fourth-order valence-corrected chi connectivity index (χ4v) is 2.23. The number of aliphatic imine (C=N–C) groups is 1. The third-order valence-electron chi connectivity index (χ3n) is 3.45. The van der Waals surface area contributed by atoms with Crippen molar-refractivity contribution in [2.45, 2.75) is 19.4 Å². The van der Waals surface area contributed by atoms with Gasteiger partial charge in [0, 0.05) is 19.6 Å². The largest absolute Gasteiger partial charge is 0.356 e. The normalized spacial score (nSPS) is 15.9. The van der Waals surface area contributed by atoms with Crippen LogP contribution in [0.1, 0.15) is 23.6 Å². The minimum Gasteiger partial charge on any atom is -0.356 e. The molecule has 0 bridgehead atoms. The molecular weight excluding hydrogens is 363 g/mol. The van der Waals surface area contributed by atoms with E-state index in [0.29, 0.717) is 6.04 Å². The molecule has 1 unspecified atom stereocenters. The highest BCUT2D eigenvalue weighted by Gasteiger charge is 2.15. The second-order valence-corrected chi connectivity index (χ2v) is 5.28. The van der Waals surface area contributed by atoms with Crippen LogP contribution in [0.2, 0.25) is 0 Å². The zero-order valence-corrected chi connectivity index (χ0v) is 14.8. The average molecular weight is 388 g/mol. The van der Waals surface area contributed by atoms with E-state index in [1.807, 2.05) is 0 Å². The van der Waals surface area contributed by atoms with E-state index in [0.717, 1.165) is 32.0 Å². The third-order valence-corrected chi connectivity index (χ3v) is 3.45. The number of halogens is 1. The topological polar surface area (TPSA) is 39.7 Å². The van der Waals surface area contributed by atoms with Crippen molar-refractivity contribution < 1.29 is 0 Å². The van der Waals surface area contributed by atoms with Crippen molar-refractivity contribution in [1.82, 2.24) is 15.5 Å². The SMILES string of the molecule is Cc1ccc(C(CNC2=NCCCN2)N(C)C)cc1.I. The Bertz CT molecular complexity index is 428. The van der Waals surface area contributed by atoms with Crippen LogP contribution in [0.15, 0.2) is 29.3 Å². The van der Waals surface area contributed by atoms with Gasteiger partial charge in [-0.25, -0.2) is 0 Å². The molecule has 0 amide bonds. The molecular formula is C15H25IN4. The van der Waals surface area contributed by atoms with Gasteiger partial charge in [-0.2, -0.15) is 0 Å². The standard InChI is InChI=1S/C15H24N4.HI/c1-12-5-7-13(8-6-12)14(19(2)3)11-18-15-16-9-4-10-17-15;/h5-8,14H,4,9-11H2,1-3H3,(H2,16,17,18);1H. The number of aryl methyl sites for hydroxylation is 1. The summed E-state index contributed by atoms with van der Waals surface area (Å²) in [5.41, 5.74) is 2.63. The van der Waals surface area contributed by atoms with Crippen LogP contribution >= 0.6 is 24.0 Å². The van der Waals surface area contributed by atoms with Gasteiger partial charge in [0.2, 0.25) is 0 Å². The van der Waals surface area contributed by atoms with E-state index < -0.39 is 0 Å². The van der Waals surface area contributed by atoms with Crippen molar-refractivity contribution in [3.8, 4) is 0 Å². The van der Waals surface area contributed by atoms with Gasteiger partial charge in [-0.05, 0) is 33.0 Å². The molecule has 0 aromatic heterocycles. The van der Waals surface area contributed by atoms with E-state index in [-0.39, 0.29) is 24.0 Å². The lowest BCUT2D eigenvalue weighted by Crippen LogP contribution is -2.44. The first-order valence-electron chi connectivity index (χ1n) is 6.92. The number of guanidine groups is 1. The maximum Gasteiger partial charge on any atom is 0.191 e. The summed E-state index contributed by atoms with van der Waals surface area (Å²) in [7, 11) is 4.23. The Balaban J connectivity index is 0.00000200. The molecule has 0 radical (unpaired) electrons. The lowest BCUT2D eigenvalue weighted by molar-refractivity contribution is 0.298. The van der Waals surface area contributed by atoms with Gasteiger partial charge in [0.1, 0.15) is 0 Å². The van der Waals surface area contributed by atoms with E-state index in [1.165, 1.54) is 11.1 Å². The fourth-order valence-electron chi connectivity index (χ4n) is 2.23. The second-order valence-electron chi connectivity index (χ2n) is 5.28. The minimum absolute atomic E-state index is 0. The quantitative estimate of drug-likeness (QED) is 0.777. The summed E-state index contributed by atoms with van der Waals surface area (Å²) >= 11 is 0. The third kappa shape index (κ3) is 4.94. The Labute approximate surface area is 139 Å². The molecule has 112 valence electrons. The summed E-state index contributed by atoms with van der Waals surface area (Å²) in [6, 6.07) is 9.10. The van der Waals surface area contributed by atoms with Crippen molar-refractivity contribution in [2.24, 2.45) is 4.99 Å². The zero-order chi connectivity index (χ0) is 13.7. The van der Waals surface area contributed by atoms with Gasteiger partial charge >= 0.3 is 0 Å². The summed E-state index contributed by atoms with van der Waals surface area (Å²) < 4.78 is 0. The molecule has 0 aliphatic carbocycles. The van der Waals surface area contributed by atoms with Crippen molar-refractivity contribution in [3.05, 3.63) is 35.4 Å². The van der Waals surface area contributed by atoms with Crippen LogP contribution in [0.5, 0.6) is 0 Å². The molecule has 4 nitrogen and oxygen atoms in total. The van der Waals surface area contributed by atoms with Crippen molar-refractivity contribution in [2.75, 3.05) is 33.7 Å². The highest BCUT2D eigenvalue weighted by molar-refractivity contribution is 14.0. The van der Waals surface area contributed by atoms with Gasteiger partial charge in [0.05, 0.1) is 6.04 Å². The molecule has 1 aliphatic rings. The molecule has 1 aromatic carbocycles. The van der Waals surface area contributed by atoms with Gasteiger partial charge in [-0.15, -0.1) is 24.0 Å². The Morgan fingerprint density at radius 1 is 1.30 bits per heavy atom. The first kappa shape index (κ1) is 17.2. The highest BCUT2D eigenvalue weighted by atomic mass is 127. The van der Waals surface area contributed by atoms with Gasteiger partial charge in [-0.1, -0.05) is 29.8 Å². The van der Waals surface area contributed by atoms with Crippen molar-refractivity contribution >= 4 is 29.9 Å². The number of nitrogens with one attached hydrogen (secondary N) is 2. The summed E-state index contributed by atoms with van der Waals surface area (Å²) in [6.45, 7) is 4.92. The predicted octanol–water partition coefficient (Wildman–Crippen LogP) is 2.15. The van der Waals surface area contributed by atoms with Crippen LogP contribution in [-0.4, -0.2) is 44.6 Å². The van der Waals surface area contributed by atoms with Crippen LogP contribution < -0.4 is 10.6 Å². The molecule has 1 atom stereocenters. The number of hydrogen-bond acceptors (Lipinski definition) is 4. The number of rotatable bonds is 4. The first-order valence-corrected chi connectivity index (χ1v) is 6.92. The van der Waals surface area contributed by atoms with Crippen LogP contribution in [0.4, 0.5) is 0 Å². The van der Waals surface area contributed by atoms with E-state index >= 15 is 0 Å². The summed E-state index contributed by atoms with van der Waals surface area (Å²) in [4.78, 5) is 6.68. The van der Waals surface area contributed by atoms with Gasteiger partial charge < -0.3 is 15.5 Å². The molecule has 1 aromatic rings. The minimum atomic E-state index is 0. The van der Waals surface area contributed by atoms with Crippen molar-refractivity contribution in [3.63, 3.8) is 0 Å². The molecule has 1 heterocycles. The zero-order valence-electron chi connectivity index (χ0n) is 12.5. The molecule has 2 N–H and O–H groups in total. The van der Waals surface area contributed by atoms with E-state index in [4.69, 9.17) is 0 Å². The second kappa shape index (κ2) is 8.46. The summed E-state index contributed by atoms with van der Waals surface area (Å²) in [6.07, 6.45) is 1.13. The smallest absolute Gasteiger partial charge is 0.191 e. The summed E-state index contributed by atoms with van der Waals surface area (Å²) in [5.74, 6) is 0.935. The fraction of sp³-hybridized carbons (Fsp3) is 0.533. The Morgan fingerprint density at radius 2 is 2.00 bits per heavy atom. The first-order chi connectivity index (χ1) is 9.16. The Hall–Kier alpha value is -0.820. The van der Waals surface area contributed by atoms with Gasteiger partial charge in [-0.3, -0.25) is 4.99 Å². The maximum atomic E-state index is 4.44.